The molecule has 0 aliphatic rings. The highest BCUT2D eigenvalue weighted by atomic mass is 35.5. The van der Waals surface area contributed by atoms with Gasteiger partial charge in [0.05, 0.1) is 5.02 Å². The molecule has 0 spiro atoms. The summed E-state index contributed by atoms with van der Waals surface area (Å²) in [5.74, 6) is -0.365. The molecule has 1 aromatic carbocycles. The van der Waals surface area contributed by atoms with Crippen molar-refractivity contribution in [2.24, 2.45) is 0 Å². The van der Waals surface area contributed by atoms with Crippen LogP contribution in [-0.4, -0.2) is 6.54 Å². The van der Waals surface area contributed by atoms with Gasteiger partial charge in [0, 0.05) is 22.9 Å². The van der Waals surface area contributed by atoms with Crippen LogP contribution in [-0.2, 0) is 5.41 Å². The van der Waals surface area contributed by atoms with Gasteiger partial charge < -0.3 is 5.32 Å². The first-order chi connectivity index (χ1) is 9.40. The smallest absolute Gasteiger partial charge is 0.142 e. The molecule has 0 bridgehead atoms. The third-order valence-corrected chi connectivity index (χ3v) is 5.02. The minimum absolute atomic E-state index is 0.0629. The van der Waals surface area contributed by atoms with Gasteiger partial charge in [0.15, 0.2) is 0 Å². The minimum atomic E-state index is -0.365. The Bertz CT molecular complexity index is 566. The van der Waals surface area contributed by atoms with Crippen molar-refractivity contribution in [2.75, 3.05) is 6.54 Å². The number of halogens is 2. The molecule has 0 aliphatic carbocycles. The molecule has 1 aromatic heterocycles. The Balaban J connectivity index is 2.01. The molecule has 1 nitrogen and oxygen atoms in total. The number of rotatable bonds is 5. The van der Waals surface area contributed by atoms with E-state index in [2.05, 4.69) is 36.7 Å². The second kappa shape index (κ2) is 6.25. The number of hydrogen-bond acceptors (Lipinski definition) is 2. The maximum Gasteiger partial charge on any atom is 0.142 e. The van der Waals surface area contributed by atoms with Crippen LogP contribution in [0.1, 0.15) is 37.3 Å². The SMILES string of the molecule is CC(NCC(C)(C)c1cccs1)c1ccc(Cl)c(F)c1. The van der Waals surface area contributed by atoms with Crippen LogP contribution in [0.5, 0.6) is 0 Å². The average molecular weight is 312 g/mol. The van der Waals surface area contributed by atoms with Gasteiger partial charge in [-0.2, -0.15) is 0 Å². The minimum Gasteiger partial charge on any atom is -0.309 e. The standard InChI is InChI=1S/C16H19ClFNS/c1-11(12-6-7-13(17)14(18)9-12)19-10-16(2,3)15-5-4-8-20-15/h4-9,11,19H,10H2,1-3H3. The van der Waals surface area contributed by atoms with Gasteiger partial charge in [-0.05, 0) is 36.1 Å². The normalized spacial score (nSPS) is 13.4. The van der Waals surface area contributed by atoms with Crippen LogP contribution in [0, 0.1) is 5.82 Å². The van der Waals surface area contributed by atoms with E-state index in [1.807, 2.05) is 13.0 Å². The lowest BCUT2D eigenvalue weighted by Gasteiger charge is -2.26. The quantitative estimate of drug-likeness (QED) is 0.803. The van der Waals surface area contributed by atoms with E-state index in [0.29, 0.717) is 0 Å². The third kappa shape index (κ3) is 3.60. The Kier molecular flexibility index (Phi) is 4.84. The summed E-state index contributed by atoms with van der Waals surface area (Å²) in [6, 6.07) is 9.27. The highest BCUT2D eigenvalue weighted by Gasteiger charge is 2.22. The summed E-state index contributed by atoms with van der Waals surface area (Å²) in [6.45, 7) is 7.29. The molecule has 0 amide bonds. The monoisotopic (exact) mass is 311 g/mol. The number of thiophene rings is 1. The van der Waals surface area contributed by atoms with Gasteiger partial charge in [0.1, 0.15) is 5.82 Å². The summed E-state index contributed by atoms with van der Waals surface area (Å²) in [4.78, 5) is 1.35. The van der Waals surface area contributed by atoms with E-state index in [-0.39, 0.29) is 22.3 Å². The van der Waals surface area contributed by atoms with Crippen molar-refractivity contribution >= 4 is 22.9 Å². The largest absolute Gasteiger partial charge is 0.309 e. The molecule has 0 saturated carbocycles. The first-order valence-corrected chi connectivity index (χ1v) is 7.88. The molecule has 20 heavy (non-hydrogen) atoms. The molecule has 0 radical (unpaired) electrons. The van der Waals surface area contributed by atoms with Gasteiger partial charge in [-0.25, -0.2) is 4.39 Å². The van der Waals surface area contributed by atoms with Crippen LogP contribution in [0.15, 0.2) is 35.7 Å². The van der Waals surface area contributed by atoms with E-state index in [0.717, 1.165) is 12.1 Å². The lowest BCUT2D eigenvalue weighted by Crippen LogP contribution is -2.33. The average Bonchev–Trinajstić information content (AvgIpc) is 2.94. The van der Waals surface area contributed by atoms with Crippen molar-refractivity contribution in [1.82, 2.24) is 5.32 Å². The zero-order chi connectivity index (χ0) is 14.8. The van der Waals surface area contributed by atoms with Crippen LogP contribution in [0.3, 0.4) is 0 Å². The highest BCUT2D eigenvalue weighted by molar-refractivity contribution is 7.10. The zero-order valence-electron chi connectivity index (χ0n) is 11.9. The third-order valence-electron chi connectivity index (χ3n) is 3.48. The van der Waals surface area contributed by atoms with Crippen molar-refractivity contribution in [3.05, 3.63) is 57.0 Å². The Morgan fingerprint density at radius 1 is 1.35 bits per heavy atom. The molecule has 0 aliphatic heterocycles. The summed E-state index contributed by atoms with van der Waals surface area (Å²) >= 11 is 7.47. The second-order valence-electron chi connectivity index (χ2n) is 5.64. The molecule has 108 valence electrons. The van der Waals surface area contributed by atoms with E-state index in [1.165, 1.54) is 10.9 Å². The van der Waals surface area contributed by atoms with Gasteiger partial charge in [-0.1, -0.05) is 37.6 Å². The fourth-order valence-corrected chi connectivity index (χ4v) is 3.03. The molecule has 0 fully saturated rings. The lowest BCUT2D eigenvalue weighted by molar-refractivity contribution is 0.440. The summed E-state index contributed by atoms with van der Waals surface area (Å²) in [7, 11) is 0. The molecular weight excluding hydrogens is 293 g/mol. The summed E-state index contributed by atoms with van der Waals surface area (Å²) in [5.41, 5.74) is 0.974. The first-order valence-electron chi connectivity index (χ1n) is 6.62. The van der Waals surface area contributed by atoms with E-state index in [4.69, 9.17) is 11.6 Å². The predicted molar refractivity (Wildman–Crippen MR) is 85.2 cm³/mol. The van der Waals surface area contributed by atoms with Gasteiger partial charge in [0.2, 0.25) is 0 Å². The van der Waals surface area contributed by atoms with Crippen molar-refractivity contribution < 1.29 is 4.39 Å². The Morgan fingerprint density at radius 2 is 2.10 bits per heavy atom. The number of benzene rings is 1. The van der Waals surface area contributed by atoms with Crippen molar-refractivity contribution in [2.45, 2.75) is 32.2 Å². The fourth-order valence-electron chi connectivity index (χ4n) is 2.06. The molecule has 2 rings (SSSR count). The van der Waals surface area contributed by atoms with E-state index >= 15 is 0 Å². The molecule has 4 heteroatoms. The maximum absolute atomic E-state index is 13.5. The Hall–Kier alpha value is -0.900. The highest BCUT2D eigenvalue weighted by Crippen LogP contribution is 2.28. The Morgan fingerprint density at radius 3 is 2.70 bits per heavy atom. The Labute approximate surface area is 128 Å². The number of hydrogen-bond donors (Lipinski definition) is 1. The van der Waals surface area contributed by atoms with Gasteiger partial charge >= 0.3 is 0 Å². The van der Waals surface area contributed by atoms with Gasteiger partial charge in [0.25, 0.3) is 0 Å². The first kappa shape index (κ1) is 15.5. The van der Waals surface area contributed by atoms with Crippen molar-refractivity contribution in [3.8, 4) is 0 Å². The molecule has 1 atom stereocenters. The van der Waals surface area contributed by atoms with Crippen molar-refractivity contribution in [3.63, 3.8) is 0 Å². The molecule has 1 N–H and O–H groups in total. The predicted octanol–water partition coefficient (Wildman–Crippen LogP) is 5.17. The van der Waals surface area contributed by atoms with E-state index in [9.17, 15) is 4.39 Å². The second-order valence-corrected chi connectivity index (χ2v) is 6.99. The number of nitrogens with one attached hydrogen (secondary N) is 1. The summed E-state index contributed by atoms with van der Waals surface area (Å²) in [6.07, 6.45) is 0. The van der Waals surface area contributed by atoms with Crippen molar-refractivity contribution in [1.29, 1.82) is 0 Å². The van der Waals surface area contributed by atoms with Gasteiger partial charge in [-0.3, -0.25) is 0 Å². The topological polar surface area (TPSA) is 12.0 Å². The van der Waals surface area contributed by atoms with Gasteiger partial charge in [-0.15, -0.1) is 11.3 Å². The molecule has 0 saturated heterocycles. The molecular formula is C16H19ClFNS. The molecule has 1 heterocycles. The lowest BCUT2D eigenvalue weighted by atomic mass is 9.91. The van der Waals surface area contributed by atoms with E-state index in [1.54, 1.807) is 17.4 Å². The van der Waals surface area contributed by atoms with Crippen LogP contribution < -0.4 is 5.32 Å². The summed E-state index contributed by atoms with van der Waals surface area (Å²) in [5, 5.41) is 5.73. The van der Waals surface area contributed by atoms with Crippen LogP contribution in [0.25, 0.3) is 0 Å². The van der Waals surface area contributed by atoms with Crippen LogP contribution in [0.4, 0.5) is 4.39 Å². The van der Waals surface area contributed by atoms with E-state index < -0.39 is 0 Å². The van der Waals surface area contributed by atoms with Crippen LogP contribution >= 0.6 is 22.9 Å². The molecule has 2 aromatic rings. The molecule has 1 unspecified atom stereocenters. The maximum atomic E-state index is 13.5. The zero-order valence-corrected chi connectivity index (χ0v) is 13.5. The summed E-state index contributed by atoms with van der Waals surface area (Å²) < 4.78 is 13.5. The van der Waals surface area contributed by atoms with Crippen LogP contribution in [0.2, 0.25) is 5.02 Å². The fraction of sp³-hybridized carbons (Fsp3) is 0.375.